The average Bonchev–Trinajstić information content (AvgIpc) is 2.77. The first-order chi connectivity index (χ1) is 8.83. The summed E-state index contributed by atoms with van der Waals surface area (Å²) >= 11 is 4.38. The molecule has 2 aromatic rings. The molecule has 0 aliphatic rings. The van der Waals surface area contributed by atoms with Gasteiger partial charge in [-0.25, -0.2) is 8.42 Å². The van der Waals surface area contributed by atoms with Crippen LogP contribution >= 0.6 is 27.3 Å². The second-order valence-electron chi connectivity index (χ2n) is 4.13. The lowest BCUT2D eigenvalue weighted by molar-refractivity contribution is 0.603. The van der Waals surface area contributed by atoms with E-state index in [9.17, 15) is 8.42 Å². The Morgan fingerprint density at radius 2 is 1.95 bits per heavy atom. The summed E-state index contributed by atoms with van der Waals surface area (Å²) in [6.45, 7) is 3.75. The Balaban J connectivity index is 2.48. The summed E-state index contributed by atoms with van der Waals surface area (Å²) in [6, 6.07) is 5.26. The number of benzene rings is 1. The smallest absolute Gasteiger partial charge is 0.272 e. The van der Waals surface area contributed by atoms with Gasteiger partial charge in [-0.3, -0.25) is 4.72 Å². The predicted octanol–water partition coefficient (Wildman–Crippen LogP) is 3.51. The zero-order valence-electron chi connectivity index (χ0n) is 10.4. The molecular formula is C12H13BrN2O2S2. The van der Waals surface area contributed by atoms with Crippen molar-refractivity contribution >= 4 is 48.7 Å². The van der Waals surface area contributed by atoms with E-state index in [1.165, 1.54) is 0 Å². The highest BCUT2D eigenvalue weighted by atomic mass is 79.9. The van der Waals surface area contributed by atoms with Gasteiger partial charge in [-0.2, -0.15) is 0 Å². The monoisotopic (exact) mass is 360 g/mol. The van der Waals surface area contributed by atoms with Crippen molar-refractivity contribution in [3.63, 3.8) is 0 Å². The summed E-state index contributed by atoms with van der Waals surface area (Å²) in [4.78, 5) is 0. The summed E-state index contributed by atoms with van der Waals surface area (Å²) in [5, 5.41) is 1.71. The number of nitrogens with one attached hydrogen (secondary N) is 1. The third kappa shape index (κ3) is 2.77. The van der Waals surface area contributed by atoms with Crippen molar-refractivity contribution in [2.45, 2.75) is 18.1 Å². The van der Waals surface area contributed by atoms with Gasteiger partial charge in [0.15, 0.2) is 4.21 Å². The van der Waals surface area contributed by atoms with E-state index in [0.717, 1.165) is 22.5 Å². The molecule has 19 heavy (non-hydrogen) atoms. The minimum atomic E-state index is -3.62. The number of aryl methyl sites for hydroxylation is 1. The fourth-order valence-corrected chi connectivity index (χ4v) is 5.12. The van der Waals surface area contributed by atoms with Crippen molar-refractivity contribution < 1.29 is 8.42 Å². The quantitative estimate of drug-likeness (QED) is 0.822. The van der Waals surface area contributed by atoms with Crippen LogP contribution in [0.25, 0.3) is 0 Å². The van der Waals surface area contributed by atoms with Crippen molar-refractivity contribution in [2.75, 3.05) is 10.5 Å². The maximum Gasteiger partial charge on any atom is 0.272 e. The number of hydrogen-bond acceptors (Lipinski definition) is 4. The Bertz CT molecular complexity index is 723. The second-order valence-corrected chi connectivity index (χ2v) is 7.78. The molecule has 0 unspecified atom stereocenters. The van der Waals surface area contributed by atoms with Crippen molar-refractivity contribution in [3.8, 4) is 0 Å². The summed E-state index contributed by atoms with van der Waals surface area (Å²) in [5.41, 5.74) is 8.53. The molecule has 3 N–H and O–H groups in total. The third-order valence-corrected chi connectivity index (χ3v) is 6.85. The number of anilines is 2. The lowest BCUT2D eigenvalue weighted by Crippen LogP contribution is -2.14. The molecule has 0 radical (unpaired) electrons. The molecule has 7 heteroatoms. The fraction of sp³-hybridized carbons (Fsp3) is 0.167. The minimum Gasteiger partial charge on any atom is -0.397 e. The first kappa shape index (κ1) is 14.4. The van der Waals surface area contributed by atoms with Crippen molar-refractivity contribution in [1.29, 1.82) is 0 Å². The molecule has 102 valence electrons. The normalized spacial score (nSPS) is 11.5. The molecule has 0 bridgehead atoms. The number of halogens is 1. The zero-order chi connectivity index (χ0) is 14.2. The van der Waals surface area contributed by atoms with Gasteiger partial charge < -0.3 is 5.73 Å². The molecule has 1 aromatic heterocycles. The Morgan fingerprint density at radius 3 is 2.53 bits per heavy atom. The summed E-state index contributed by atoms with van der Waals surface area (Å²) < 4.78 is 28.0. The van der Waals surface area contributed by atoms with Gasteiger partial charge in [0.2, 0.25) is 0 Å². The van der Waals surface area contributed by atoms with E-state index < -0.39 is 10.0 Å². The SMILES string of the molecule is Cc1ccc(N)c(NS(=O)(=O)c2sccc2Br)c1C. The number of hydrogen-bond donors (Lipinski definition) is 2. The molecule has 0 fully saturated rings. The van der Waals surface area contributed by atoms with Gasteiger partial charge >= 0.3 is 0 Å². The molecule has 0 spiro atoms. The van der Waals surface area contributed by atoms with Crippen LogP contribution < -0.4 is 10.5 Å². The maximum absolute atomic E-state index is 12.3. The lowest BCUT2D eigenvalue weighted by atomic mass is 10.1. The summed E-state index contributed by atoms with van der Waals surface area (Å²) in [5.74, 6) is 0. The Kier molecular flexibility index (Phi) is 3.89. The van der Waals surface area contributed by atoms with Crippen LogP contribution in [0.15, 0.2) is 32.3 Å². The second kappa shape index (κ2) is 5.15. The van der Waals surface area contributed by atoms with E-state index in [-0.39, 0.29) is 4.21 Å². The van der Waals surface area contributed by atoms with Crippen LogP contribution in [0.5, 0.6) is 0 Å². The number of rotatable bonds is 3. The van der Waals surface area contributed by atoms with Gasteiger partial charge in [0.05, 0.1) is 11.4 Å². The molecule has 0 saturated carbocycles. The van der Waals surface area contributed by atoms with E-state index in [0.29, 0.717) is 15.8 Å². The van der Waals surface area contributed by atoms with Crippen molar-refractivity contribution in [2.24, 2.45) is 0 Å². The van der Waals surface area contributed by atoms with Crippen LogP contribution in [0.1, 0.15) is 11.1 Å². The van der Waals surface area contributed by atoms with E-state index in [4.69, 9.17) is 5.73 Å². The Morgan fingerprint density at radius 1 is 1.26 bits per heavy atom. The first-order valence-corrected chi connectivity index (χ1v) is 8.60. The standard InChI is InChI=1S/C12H13BrN2O2S2/c1-7-3-4-10(14)11(8(7)2)15-19(16,17)12-9(13)5-6-18-12/h3-6,15H,14H2,1-2H3. The predicted molar refractivity (Wildman–Crippen MR) is 83.2 cm³/mol. The fourth-order valence-electron chi connectivity index (χ4n) is 1.62. The van der Waals surface area contributed by atoms with E-state index >= 15 is 0 Å². The van der Waals surface area contributed by atoms with Crippen LogP contribution in [-0.2, 0) is 10.0 Å². The molecule has 1 aromatic carbocycles. The molecular weight excluding hydrogens is 348 g/mol. The molecule has 0 saturated heterocycles. The zero-order valence-corrected chi connectivity index (χ0v) is 13.6. The molecule has 4 nitrogen and oxygen atoms in total. The van der Waals surface area contributed by atoms with Gasteiger partial charge in [-0.1, -0.05) is 6.07 Å². The first-order valence-electron chi connectivity index (χ1n) is 5.44. The third-order valence-electron chi connectivity index (χ3n) is 2.83. The Hall–Kier alpha value is -1.05. The highest BCUT2D eigenvalue weighted by Crippen LogP contribution is 2.32. The Labute approximate surface area is 124 Å². The number of sulfonamides is 1. The number of nitrogens with two attached hydrogens (primary N) is 1. The van der Waals surface area contributed by atoms with Crippen LogP contribution in [-0.4, -0.2) is 8.42 Å². The van der Waals surface area contributed by atoms with Crippen LogP contribution in [0.3, 0.4) is 0 Å². The topological polar surface area (TPSA) is 72.2 Å². The van der Waals surface area contributed by atoms with Gasteiger partial charge in [-0.15, -0.1) is 11.3 Å². The van der Waals surface area contributed by atoms with Crippen LogP contribution in [0.2, 0.25) is 0 Å². The van der Waals surface area contributed by atoms with Crippen molar-refractivity contribution in [1.82, 2.24) is 0 Å². The van der Waals surface area contributed by atoms with E-state index in [1.54, 1.807) is 17.5 Å². The summed E-state index contributed by atoms with van der Waals surface area (Å²) in [6.07, 6.45) is 0. The largest absolute Gasteiger partial charge is 0.397 e. The molecule has 2 rings (SSSR count). The van der Waals surface area contributed by atoms with E-state index in [2.05, 4.69) is 20.7 Å². The maximum atomic E-state index is 12.3. The van der Waals surface area contributed by atoms with Crippen molar-refractivity contribution in [3.05, 3.63) is 39.2 Å². The molecule has 0 aliphatic heterocycles. The molecule has 1 heterocycles. The number of nitrogen functional groups attached to an aromatic ring is 1. The summed E-state index contributed by atoms with van der Waals surface area (Å²) in [7, 11) is -3.62. The van der Waals surface area contributed by atoms with Crippen LogP contribution in [0.4, 0.5) is 11.4 Å². The minimum absolute atomic E-state index is 0.243. The average molecular weight is 361 g/mol. The number of thiophene rings is 1. The van der Waals surface area contributed by atoms with Gasteiger partial charge in [0.1, 0.15) is 0 Å². The molecule has 0 amide bonds. The highest BCUT2D eigenvalue weighted by Gasteiger charge is 2.21. The van der Waals surface area contributed by atoms with Gasteiger partial charge in [0, 0.05) is 4.47 Å². The van der Waals surface area contributed by atoms with Gasteiger partial charge in [-0.05, 0) is 58.4 Å². The van der Waals surface area contributed by atoms with Gasteiger partial charge in [0.25, 0.3) is 10.0 Å². The van der Waals surface area contributed by atoms with E-state index in [1.807, 2.05) is 19.9 Å². The lowest BCUT2D eigenvalue weighted by Gasteiger charge is -2.14. The molecule has 0 aliphatic carbocycles. The van der Waals surface area contributed by atoms with Crippen LogP contribution in [0, 0.1) is 13.8 Å². The molecule has 0 atom stereocenters. The highest BCUT2D eigenvalue weighted by molar-refractivity contribution is 9.10.